The second-order valence-corrected chi connectivity index (χ2v) is 2.85. The highest BCUT2D eigenvalue weighted by atomic mass is 17.2. The zero-order valence-electron chi connectivity index (χ0n) is 8.25. The molecule has 5 nitrogen and oxygen atoms in total. The van der Waals surface area contributed by atoms with Crippen LogP contribution >= 0.6 is 0 Å². The highest BCUT2D eigenvalue weighted by molar-refractivity contribution is 5.33. The molecule has 0 aromatic heterocycles. The van der Waals surface area contributed by atoms with Gasteiger partial charge in [-0.05, 0) is 24.6 Å². The molecule has 0 saturated carbocycles. The lowest BCUT2D eigenvalue weighted by atomic mass is 10.1. The molecule has 5 heteroatoms. The topological polar surface area (TPSA) is 61.6 Å². The van der Waals surface area contributed by atoms with Gasteiger partial charge in [0.25, 0.3) is 5.69 Å². The summed E-state index contributed by atoms with van der Waals surface area (Å²) in [4.78, 5) is 19.4. The molecule has 0 spiro atoms. The summed E-state index contributed by atoms with van der Waals surface area (Å²) >= 11 is 0. The van der Waals surface area contributed by atoms with Gasteiger partial charge in [0.05, 0.1) is 4.92 Å². The van der Waals surface area contributed by atoms with Crippen molar-refractivity contribution < 1.29 is 14.7 Å². The lowest BCUT2D eigenvalue weighted by molar-refractivity contribution is -0.384. The molecule has 0 aliphatic carbocycles. The molecule has 15 heavy (non-hydrogen) atoms. The smallest absolute Gasteiger partial charge is 0.269 e. The van der Waals surface area contributed by atoms with Crippen molar-refractivity contribution in [1.82, 2.24) is 0 Å². The molecule has 0 fully saturated rings. The first-order valence-electron chi connectivity index (χ1n) is 4.32. The van der Waals surface area contributed by atoms with Crippen LogP contribution in [0.5, 0.6) is 0 Å². The van der Waals surface area contributed by atoms with Crippen LogP contribution in [0, 0.1) is 10.1 Å². The number of hydrogen-bond acceptors (Lipinski definition) is 4. The Labute approximate surface area is 87.0 Å². The Morgan fingerprint density at radius 2 is 2.07 bits per heavy atom. The molecular formula is C10H11NO4. The van der Waals surface area contributed by atoms with Crippen molar-refractivity contribution in [2.24, 2.45) is 0 Å². The predicted octanol–water partition coefficient (Wildman–Crippen LogP) is 2.75. The van der Waals surface area contributed by atoms with Crippen LogP contribution < -0.4 is 0 Å². The Morgan fingerprint density at radius 1 is 1.47 bits per heavy atom. The number of hydrogen-bond donors (Lipinski definition) is 0. The van der Waals surface area contributed by atoms with E-state index in [4.69, 9.17) is 4.89 Å². The van der Waals surface area contributed by atoms with Gasteiger partial charge in [0.15, 0.2) is 0 Å². The van der Waals surface area contributed by atoms with Crippen molar-refractivity contribution in [2.75, 3.05) is 0 Å². The number of nitro groups is 1. The lowest BCUT2D eigenvalue weighted by Gasteiger charge is -2.09. The summed E-state index contributed by atoms with van der Waals surface area (Å²) in [6.45, 7) is 5.10. The van der Waals surface area contributed by atoms with Crippen LogP contribution in [0.4, 0.5) is 5.69 Å². The van der Waals surface area contributed by atoms with Crippen molar-refractivity contribution in [3.05, 3.63) is 52.8 Å². The third-order valence-electron chi connectivity index (χ3n) is 1.84. The minimum atomic E-state index is -0.449. The van der Waals surface area contributed by atoms with Crippen LogP contribution in [-0.2, 0) is 9.78 Å². The zero-order valence-corrected chi connectivity index (χ0v) is 8.25. The van der Waals surface area contributed by atoms with Crippen molar-refractivity contribution >= 4 is 5.69 Å². The summed E-state index contributed by atoms with van der Waals surface area (Å²) in [5, 5.41) is 10.4. The number of nitro benzene ring substituents is 1. The fourth-order valence-electron chi connectivity index (χ4n) is 1.05. The Bertz CT molecular complexity index is 347. The van der Waals surface area contributed by atoms with E-state index in [0.717, 1.165) is 5.56 Å². The molecule has 0 bridgehead atoms. The van der Waals surface area contributed by atoms with Crippen LogP contribution in [0.2, 0.25) is 0 Å². The Morgan fingerprint density at radius 3 is 2.53 bits per heavy atom. The third kappa shape index (κ3) is 3.07. The molecule has 1 aromatic rings. The van der Waals surface area contributed by atoms with Crippen molar-refractivity contribution in [2.45, 2.75) is 13.0 Å². The van der Waals surface area contributed by atoms with Crippen molar-refractivity contribution in [3.63, 3.8) is 0 Å². The molecule has 0 N–H and O–H groups in total. The summed E-state index contributed by atoms with van der Waals surface area (Å²) in [7, 11) is 0. The van der Waals surface area contributed by atoms with Gasteiger partial charge in [-0.2, -0.15) is 4.89 Å². The Kier molecular flexibility index (Phi) is 3.82. The molecule has 0 aliphatic heterocycles. The Hall–Kier alpha value is -1.88. The van der Waals surface area contributed by atoms with E-state index in [1.165, 1.54) is 18.4 Å². The second-order valence-electron chi connectivity index (χ2n) is 2.85. The molecule has 1 aromatic carbocycles. The SMILES string of the molecule is C=COOC(C)c1ccc([N+](=O)[O-])cc1. The average Bonchev–Trinajstić information content (AvgIpc) is 2.26. The van der Waals surface area contributed by atoms with E-state index in [2.05, 4.69) is 11.5 Å². The van der Waals surface area contributed by atoms with Gasteiger partial charge in [-0.3, -0.25) is 10.1 Å². The molecule has 0 radical (unpaired) electrons. The van der Waals surface area contributed by atoms with E-state index in [0.29, 0.717) is 0 Å². The predicted molar refractivity (Wildman–Crippen MR) is 53.9 cm³/mol. The molecule has 0 aliphatic rings. The summed E-state index contributed by atoms with van der Waals surface area (Å²) in [5.41, 5.74) is 0.845. The molecule has 0 saturated heterocycles. The summed E-state index contributed by atoms with van der Waals surface area (Å²) < 4.78 is 0. The summed E-state index contributed by atoms with van der Waals surface area (Å²) in [6.07, 6.45) is 0.867. The van der Waals surface area contributed by atoms with Crippen LogP contribution in [0.25, 0.3) is 0 Å². The summed E-state index contributed by atoms with van der Waals surface area (Å²) in [6, 6.07) is 6.08. The quantitative estimate of drug-likeness (QED) is 0.324. The van der Waals surface area contributed by atoms with Crippen LogP contribution in [0.3, 0.4) is 0 Å². The molecule has 0 amide bonds. The fraction of sp³-hybridized carbons (Fsp3) is 0.200. The average molecular weight is 209 g/mol. The molecule has 0 heterocycles. The minimum absolute atomic E-state index is 0.0515. The van der Waals surface area contributed by atoms with Gasteiger partial charge in [-0.25, -0.2) is 0 Å². The third-order valence-corrected chi connectivity index (χ3v) is 1.84. The highest BCUT2D eigenvalue weighted by Gasteiger charge is 2.09. The normalized spacial score (nSPS) is 11.8. The minimum Gasteiger partial charge on any atom is -0.346 e. The number of non-ortho nitro benzene ring substituents is 1. The first-order valence-corrected chi connectivity index (χ1v) is 4.32. The molecule has 1 atom stereocenters. The van der Waals surface area contributed by atoms with Gasteiger partial charge in [-0.15, -0.1) is 0 Å². The number of benzene rings is 1. The van der Waals surface area contributed by atoms with Gasteiger partial charge >= 0.3 is 0 Å². The Balaban J connectivity index is 2.70. The van der Waals surface area contributed by atoms with Crippen LogP contribution in [0.15, 0.2) is 37.1 Å². The zero-order chi connectivity index (χ0) is 11.3. The fourth-order valence-corrected chi connectivity index (χ4v) is 1.05. The van der Waals surface area contributed by atoms with Crippen molar-refractivity contribution in [1.29, 1.82) is 0 Å². The monoisotopic (exact) mass is 209 g/mol. The van der Waals surface area contributed by atoms with E-state index in [1.807, 2.05) is 0 Å². The van der Waals surface area contributed by atoms with Gasteiger partial charge in [0.2, 0.25) is 0 Å². The van der Waals surface area contributed by atoms with E-state index in [1.54, 1.807) is 19.1 Å². The largest absolute Gasteiger partial charge is 0.346 e. The van der Waals surface area contributed by atoms with Gasteiger partial charge < -0.3 is 4.89 Å². The highest BCUT2D eigenvalue weighted by Crippen LogP contribution is 2.20. The van der Waals surface area contributed by atoms with Crippen molar-refractivity contribution in [3.8, 4) is 0 Å². The number of nitrogens with zero attached hydrogens (tertiary/aromatic N) is 1. The number of rotatable bonds is 5. The van der Waals surface area contributed by atoms with Gasteiger partial charge in [-0.1, -0.05) is 6.58 Å². The van der Waals surface area contributed by atoms with E-state index in [9.17, 15) is 10.1 Å². The summed E-state index contributed by atoms with van der Waals surface area (Å²) in [5.74, 6) is 0. The van der Waals surface area contributed by atoms with Crippen LogP contribution in [-0.4, -0.2) is 4.92 Å². The standard InChI is InChI=1S/C10H11NO4/c1-3-14-15-8(2)9-4-6-10(7-5-9)11(12)13/h3-8H,1H2,2H3. The maximum Gasteiger partial charge on any atom is 0.269 e. The van der Waals surface area contributed by atoms with Gasteiger partial charge in [0, 0.05) is 12.1 Å². The molecule has 80 valence electrons. The van der Waals surface area contributed by atoms with E-state index >= 15 is 0 Å². The van der Waals surface area contributed by atoms with E-state index in [-0.39, 0.29) is 11.8 Å². The maximum atomic E-state index is 10.4. The van der Waals surface area contributed by atoms with Gasteiger partial charge in [0.1, 0.15) is 12.4 Å². The van der Waals surface area contributed by atoms with Crippen LogP contribution in [0.1, 0.15) is 18.6 Å². The van der Waals surface area contributed by atoms with E-state index < -0.39 is 4.92 Å². The lowest BCUT2D eigenvalue weighted by Crippen LogP contribution is -1.98. The maximum absolute atomic E-state index is 10.4. The second kappa shape index (κ2) is 5.11. The molecule has 1 rings (SSSR count). The molecular weight excluding hydrogens is 198 g/mol. The first-order chi connectivity index (χ1) is 7.15. The molecule has 1 unspecified atom stereocenters. The first kappa shape index (κ1) is 11.2.